The van der Waals surface area contributed by atoms with Gasteiger partial charge in [0.25, 0.3) is 5.91 Å². The molecule has 10 heteroatoms. The van der Waals surface area contributed by atoms with E-state index in [9.17, 15) is 23.3 Å². The van der Waals surface area contributed by atoms with Crippen molar-refractivity contribution in [3.63, 3.8) is 0 Å². The summed E-state index contributed by atoms with van der Waals surface area (Å²) in [7, 11) is -1.24. The number of benzene rings is 2. The first-order chi connectivity index (χ1) is 16.7. The maximum absolute atomic E-state index is 13.2. The van der Waals surface area contributed by atoms with Gasteiger partial charge in [0.15, 0.2) is 6.61 Å². The van der Waals surface area contributed by atoms with E-state index in [-0.39, 0.29) is 22.8 Å². The SMILES string of the molecule is COc1ccc(C(=O)OCC(=O)NC2(C#N)CCCCC2)cc1S(=O)(=O)N(C)Cc1ccccc1. The number of carbonyl (C=O) groups is 2. The minimum atomic E-state index is -4.01. The molecule has 1 fully saturated rings. The van der Waals surface area contributed by atoms with Crippen LogP contribution in [-0.2, 0) is 26.1 Å². The van der Waals surface area contributed by atoms with Crippen molar-refractivity contribution >= 4 is 21.9 Å². The van der Waals surface area contributed by atoms with Gasteiger partial charge in [0, 0.05) is 13.6 Å². The fourth-order valence-corrected chi connectivity index (χ4v) is 5.37. The Morgan fingerprint density at radius 3 is 2.43 bits per heavy atom. The molecule has 0 spiro atoms. The Morgan fingerprint density at radius 2 is 1.80 bits per heavy atom. The van der Waals surface area contributed by atoms with E-state index in [4.69, 9.17) is 9.47 Å². The van der Waals surface area contributed by atoms with Crippen LogP contribution in [0.3, 0.4) is 0 Å². The summed E-state index contributed by atoms with van der Waals surface area (Å²) in [6.07, 6.45) is 3.81. The Bertz CT molecular complexity index is 1200. The van der Waals surface area contributed by atoms with E-state index >= 15 is 0 Å². The predicted molar refractivity (Wildman–Crippen MR) is 128 cm³/mol. The van der Waals surface area contributed by atoms with Crippen LogP contribution in [0.4, 0.5) is 0 Å². The van der Waals surface area contributed by atoms with Gasteiger partial charge in [-0.25, -0.2) is 13.2 Å². The lowest BCUT2D eigenvalue weighted by atomic mass is 9.83. The van der Waals surface area contributed by atoms with Gasteiger partial charge >= 0.3 is 5.97 Å². The summed E-state index contributed by atoms with van der Waals surface area (Å²) >= 11 is 0. The zero-order valence-corrected chi connectivity index (χ0v) is 20.6. The Balaban J connectivity index is 1.72. The molecular weight excluding hydrogens is 470 g/mol. The summed E-state index contributed by atoms with van der Waals surface area (Å²) in [4.78, 5) is 24.8. The van der Waals surface area contributed by atoms with Crippen LogP contribution in [0.15, 0.2) is 53.4 Å². The van der Waals surface area contributed by atoms with Crippen LogP contribution >= 0.6 is 0 Å². The van der Waals surface area contributed by atoms with Crippen molar-refractivity contribution in [3.05, 3.63) is 59.7 Å². The van der Waals surface area contributed by atoms with Gasteiger partial charge in [-0.2, -0.15) is 9.57 Å². The number of nitriles is 1. The monoisotopic (exact) mass is 499 g/mol. The van der Waals surface area contributed by atoms with E-state index < -0.39 is 34.0 Å². The molecule has 1 N–H and O–H groups in total. The molecule has 186 valence electrons. The van der Waals surface area contributed by atoms with Crippen LogP contribution < -0.4 is 10.1 Å². The average Bonchev–Trinajstić information content (AvgIpc) is 2.88. The molecule has 0 aliphatic heterocycles. The molecule has 0 heterocycles. The van der Waals surface area contributed by atoms with Crippen molar-refractivity contribution in [1.29, 1.82) is 5.26 Å². The Hall–Kier alpha value is -3.42. The Kier molecular flexibility index (Phi) is 8.48. The van der Waals surface area contributed by atoms with Gasteiger partial charge in [-0.3, -0.25) is 4.79 Å². The van der Waals surface area contributed by atoms with Crippen LogP contribution in [0.2, 0.25) is 0 Å². The number of amides is 1. The van der Waals surface area contributed by atoms with E-state index in [1.165, 1.54) is 32.4 Å². The number of rotatable bonds is 9. The van der Waals surface area contributed by atoms with Gasteiger partial charge in [0.05, 0.1) is 18.7 Å². The molecule has 1 saturated carbocycles. The maximum Gasteiger partial charge on any atom is 0.338 e. The van der Waals surface area contributed by atoms with Crippen LogP contribution in [-0.4, -0.2) is 50.9 Å². The van der Waals surface area contributed by atoms with E-state index in [2.05, 4.69) is 11.4 Å². The minimum Gasteiger partial charge on any atom is -0.495 e. The summed E-state index contributed by atoms with van der Waals surface area (Å²) in [6.45, 7) is -0.452. The van der Waals surface area contributed by atoms with Gasteiger partial charge in [-0.1, -0.05) is 49.6 Å². The lowest BCUT2D eigenvalue weighted by Crippen LogP contribution is -2.50. The van der Waals surface area contributed by atoms with Gasteiger partial charge < -0.3 is 14.8 Å². The molecule has 0 atom stereocenters. The summed E-state index contributed by atoms with van der Waals surface area (Å²) in [5.74, 6) is -1.36. The summed E-state index contributed by atoms with van der Waals surface area (Å²) in [6, 6.07) is 15.2. The molecule has 0 aromatic heterocycles. The smallest absolute Gasteiger partial charge is 0.338 e. The van der Waals surface area contributed by atoms with Crippen LogP contribution in [0.1, 0.15) is 48.0 Å². The van der Waals surface area contributed by atoms with Crippen molar-refractivity contribution in [2.24, 2.45) is 0 Å². The van der Waals surface area contributed by atoms with Gasteiger partial charge in [0.2, 0.25) is 10.0 Å². The van der Waals surface area contributed by atoms with Crippen molar-refractivity contribution in [3.8, 4) is 11.8 Å². The van der Waals surface area contributed by atoms with Crippen molar-refractivity contribution in [2.75, 3.05) is 20.8 Å². The molecule has 2 aromatic carbocycles. The highest BCUT2D eigenvalue weighted by atomic mass is 32.2. The third-order valence-electron chi connectivity index (χ3n) is 5.97. The van der Waals surface area contributed by atoms with Crippen LogP contribution in [0.5, 0.6) is 5.75 Å². The molecule has 0 radical (unpaired) electrons. The maximum atomic E-state index is 13.2. The highest BCUT2D eigenvalue weighted by molar-refractivity contribution is 7.89. The first-order valence-electron chi connectivity index (χ1n) is 11.3. The first kappa shape index (κ1) is 26.2. The number of carbonyl (C=O) groups excluding carboxylic acids is 2. The summed E-state index contributed by atoms with van der Waals surface area (Å²) in [5, 5.41) is 12.2. The molecule has 0 unspecified atom stereocenters. The standard InChI is InChI=1S/C25H29N3O6S/c1-28(16-19-9-5-3-6-10-19)35(31,32)22-15-20(11-12-21(22)33-2)24(30)34-17-23(29)27-25(18-26)13-7-4-8-14-25/h3,5-6,9-12,15H,4,7-8,13-14,16-17H2,1-2H3,(H,27,29). The van der Waals surface area contributed by atoms with Gasteiger partial charge in [-0.15, -0.1) is 0 Å². The second-order valence-electron chi connectivity index (χ2n) is 8.49. The van der Waals surface area contributed by atoms with Gasteiger partial charge in [-0.05, 0) is 36.6 Å². The van der Waals surface area contributed by atoms with E-state index in [1.807, 2.05) is 30.3 Å². The summed E-state index contributed by atoms with van der Waals surface area (Å²) in [5.41, 5.74) is -0.183. The molecule has 1 aliphatic rings. The lowest BCUT2D eigenvalue weighted by molar-refractivity contribution is -0.125. The number of sulfonamides is 1. The summed E-state index contributed by atoms with van der Waals surface area (Å²) < 4.78 is 38.0. The number of esters is 1. The van der Waals surface area contributed by atoms with Crippen LogP contribution in [0, 0.1) is 11.3 Å². The van der Waals surface area contributed by atoms with Crippen LogP contribution in [0.25, 0.3) is 0 Å². The molecular formula is C25H29N3O6S. The zero-order chi connectivity index (χ0) is 25.5. The molecule has 35 heavy (non-hydrogen) atoms. The topological polar surface area (TPSA) is 126 Å². The second-order valence-corrected chi connectivity index (χ2v) is 10.5. The number of hydrogen-bond acceptors (Lipinski definition) is 7. The third-order valence-corrected chi connectivity index (χ3v) is 7.79. The predicted octanol–water partition coefficient (Wildman–Crippen LogP) is 3.02. The number of nitrogens with one attached hydrogen (secondary N) is 1. The molecule has 0 saturated heterocycles. The normalized spacial score (nSPS) is 15.1. The largest absolute Gasteiger partial charge is 0.495 e. The fraction of sp³-hybridized carbons (Fsp3) is 0.400. The molecule has 1 amide bonds. The second kappa shape index (κ2) is 11.3. The molecule has 3 rings (SSSR count). The highest BCUT2D eigenvalue weighted by Crippen LogP contribution is 2.29. The van der Waals surface area contributed by atoms with Crippen molar-refractivity contribution < 1.29 is 27.5 Å². The molecule has 2 aromatic rings. The quantitative estimate of drug-likeness (QED) is 0.526. The van der Waals surface area contributed by atoms with Crippen molar-refractivity contribution in [2.45, 2.75) is 49.1 Å². The zero-order valence-electron chi connectivity index (χ0n) is 19.8. The van der Waals surface area contributed by atoms with Gasteiger partial charge in [0.1, 0.15) is 16.2 Å². The molecule has 9 nitrogen and oxygen atoms in total. The Morgan fingerprint density at radius 1 is 1.11 bits per heavy atom. The van der Waals surface area contributed by atoms with E-state index in [1.54, 1.807) is 0 Å². The number of nitrogens with zero attached hydrogens (tertiary/aromatic N) is 2. The number of ether oxygens (including phenoxy) is 2. The van der Waals surface area contributed by atoms with E-state index in [0.29, 0.717) is 12.8 Å². The Labute approximate surface area is 205 Å². The average molecular weight is 500 g/mol. The number of hydrogen-bond donors (Lipinski definition) is 1. The van der Waals surface area contributed by atoms with E-state index in [0.717, 1.165) is 29.1 Å². The van der Waals surface area contributed by atoms with Crippen molar-refractivity contribution in [1.82, 2.24) is 9.62 Å². The fourth-order valence-electron chi connectivity index (χ4n) is 4.04. The third kappa shape index (κ3) is 6.38. The molecule has 1 aliphatic carbocycles. The molecule has 0 bridgehead atoms. The number of methoxy groups -OCH3 is 1. The first-order valence-corrected chi connectivity index (χ1v) is 12.7. The highest BCUT2D eigenvalue weighted by Gasteiger charge is 2.34. The lowest BCUT2D eigenvalue weighted by Gasteiger charge is -2.31. The minimum absolute atomic E-state index is 0.0436.